The molecule has 0 unspecified atom stereocenters. The van der Waals surface area contributed by atoms with Crippen LogP contribution in [0.25, 0.3) is 0 Å². The maximum Gasteiger partial charge on any atom is 0.408 e. The highest BCUT2D eigenvalue weighted by molar-refractivity contribution is 5.69. The first-order valence-corrected chi connectivity index (χ1v) is 5.62. The lowest BCUT2D eigenvalue weighted by atomic mass is 9.97. The van der Waals surface area contributed by atoms with Crippen molar-refractivity contribution in [3.8, 4) is 0 Å². The van der Waals surface area contributed by atoms with Crippen LogP contribution >= 0.6 is 0 Å². The maximum absolute atomic E-state index is 11.6. The van der Waals surface area contributed by atoms with Gasteiger partial charge in [0.25, 0.3) is 0 Å². The number of rotatable bonds is 3. The molecule has 0 heterocycles. The van der Waals surface area contributed by atoms with Gasteiger partial charge in [-0.05, 0) is 47.0 Å². The van der Waals surface area contributed by atoms with Gasteiger partial charge < -0.3 is 14.8 Å². The van der Waals surface area contributed by atoms with E-state index in [0.717, 1.165) is 12.7 Å². The summed E-state index contributed by atoms with van der Waals surface area (Å²) in [6.45, 7) is 9.32. The van der Waals surface area contributed by atoms with Crippen LogP contribution in [-0.2, 0) is 9.53 Å². The summed E-state index contributed by atoms with van der Waals surface area (Å²) >= 11 is 0. The van der Waals surface area contributed by atoms with E-state index in [1.807, 2.05) is 34.6 Å². The Morgan fingerprint density at radius 1 is 1.31 bits per heavy atom. The molecule has 0 spiro atoms. The Morgan fingerprint density at radius 3 is 2.25 bits per heavy atom. The maximum atomic E-state index is 11.6. The Labute approximate surface area is 96.7 Å². The van der Waals surface area contributed by atoms with Crippen LogP contribution < -0.4 is 5.32 Å². The van der Waals surface area contributed by atoms with Gasteiger partial charge in [0.05, 0.1) is 0 Å². The summed E-state index contributed by atoms with van der Waals surface area (Å²) in [7, 11) is 0. The molecule has 1 saturated carbocycles. The van der Waals surface area contributed by atoms with Gasteiger partial charge in [-0.1, -0.05) is 0 Å². The molecule has 2 atom stereocenters. The Balaban J connectivity index is 2.47. The van der Waals surface area contributed by atoms with Crippen LogP contribution in [0.1, 0.15) is 41.0 Å². The van der Waals surface area contributed by atoms with Gasteiger partial charge in [0.1, 0.15) is 11.9 Å². The number of carbonyl (C=O) groups is 2. The van der Waals surface area contributed by atoms with Crippen LogP contribution in [0.5, 0.6) is 0 Å². The van der Waals surface area contributed by atoms with Crippen LogP contribution in [0.2, 0.25) is 0 Å². The molecule has 4 heteroatoms. The average molecular weight is 227 g/mol. The van der Waals surface area contributed by atoms with Crippen molar-refractivity contribution in [2.75, 3.05) is 0 Å². The molecule has 1 fully saturated rings. The molecule has 1 rings (SSSR count). The van der Waals surface area contributed by atoms with E-state index in [1.165, 1.54) is 0 Å². The van der Waals surface area contributed by atoms with Gasteiger partial charge in [-0.3, -0.25) is 0 Å². The van der Waals surface area contributed by atoms with E-state index < -0.39 is 11.7 Å². The Morgan fingerprint density at radius 2 is 1.88 bits per heavy atom. The summed E-state index contributed by atoms with van der Waals surface area (Å²) in [5.74, 6) is 0.322. The van der Waals surface area contributed by atoms with Gasteiger partial charge >= 0.3 is 6.09 Å². The molecule has 4 nitrogen and oxygen atoms in total. The van der Waals surface area contributed by atoms with Gasteiger partial charge in [0, 0.05) is 11.5 Å². The van der Waals surface area contributed by atoms with E-state index in [2.05, 4.69) is 5.32 Å². The lowest BCUT2D eigenvalue weighted by Gasteiger charge is -2.28. The standard InChI is InChI=1S/C12H21NO3/c1-11(2,3)16-10(15)13-12(4,5)9-6-8(9)7-14/h7-9H,6H2,1-5H3,(H,13,15)/t8-,9+/m1/s1. The number of hydrogen-bond donors (Lipinski definition) is 1. The zero-order valence-corrected chi connectivity index (χ0v) is 10.7. The first-order valence-electron chi connectivity index (χ1n) is 5.62. The highest BCUT2D eigenvalue weighted by Gasteiger charge is 2.48. The van der Waals surface area contributed by atoms with Gasteiger partial charge in [-0.25, -0.2) is 4.79 Å². The molecule has 1 amide bonds. The Kier molecular flexibility index (Phi) is 3.31. The van der Waals surface area contributed by atoms with E-state index >= 15 is 0 Å². The van der Waals surface area contributed by atoms with Crippen LogP contribution in [-0.4, -0.2) is 23.5 Å². The van der Waals surface area contributed by atoms with Crippen molar-refractivity contribution in [3.63, 3.8) is 0 Å². The highest BCUT2D eigenvalue weighted by Crippen LogP contribution is 2.44. The third kappa shape index (κ3) is 3.51. The minimum absolute atomic E-state index is 0.0879. The molecular weight excluding hydrogens is 206 g/mol. The van der Waals surface area contributed by atoms with Gasteiger partial charge in [0.15, 0.2) is 0 Å². The highest BCUT2D eigenvalue weighted by atomic mass is 16.6. The van der Waals surface area contributed by atoms with Crippen LogP contribution in [0, 0.1) is 11.8 Å². The van der Waals surface area contributed by atoms with Crippen molar-refractivity contribution in [1.29, 1.82) is 0 Å². The van der Waals surface area contributed by atoms with E-state index in [0.29, 0.717) is 0 Å². The van der Waals surface area contributed by atoms with E-state index in [-0.39, 0.29) is 17.4 Å². The molecule has 0 aromatic carbocycles. The average Bonchev–Trinajstić information content (AvgIpc) is 2.76. The largest absolute Gasteiger partial charge is 0.444 e. The number of carbonyl (C=O) groups excluding carboxylic acids is 2. The van der Waals surface area contributed by atoms with Crippen LogP contribution in [0.15, 0.2) is 0 Å². The molecular formula is C12H21NO3. The molecule has 0 aromatic rings. The molecule has 0 bridgehead atoms. The second kappa shape index (κ2) is 4.07. The molecule has 0 radical (unpaired) electrons. The van der Waals surface area contributed by atoms with E-state index in [9.17, 15) is 9.59 Å². The zero-order valence-electron chi connectivity index (χ0n) is 10.7. The summed E-state index contributed by atoms with van der Waals surface area (Å²) in [6, 6.07) is 0. The third-order valence-corrected chi connectivity index (χ3v) is 2.76. The van der Waals surface area contributed by atoms with Crippen LogP contribution in [0.4, 0.5) is 4.79 Å². The van der Waals surface area contributed by atoms with Gasteiger partial charge in [-0.2, -0.15) is 0 Å². The fourth-order valence-corrected chi connectivity index (χ4v) is 1.85. The number of hydrogen-bond acceptors (Lipinski definition) is 3. The van der Waals surface area contributed by atoms with E-state index in [4.69, 9.17) is 4.74 Å². The molecule has 0 saturated heterocycles. The minimum atomic E-state index is -0.492. The minimum Gasteiger partial charge on any atom is -0.444 e. The van der Waals surface area contributed by atoms with E-state index in [1.54, 1.807) is 0 Å². The summed E-state index contributed by atoms with van der Waals surface area (Å²) in [5.41, 5.74) is -0.873. The smallest absolute Gasteiger partial charge is 0.408 e. The summed E-state index contributed by atoms with van der Waals surface area (Å²) < 4.78 is 5.18. The summed E-state index contributed by atoms with van der Waals surface area (Å²) in [5, 5.41) is 2.82. The Bertz CT molecular complexity index is 291. The number of aldehydes is 1. The molecule has 0 aliphatic heterocycles. The predicted octanol–water partition coefficient (Wildman–Crippen LogP) is 2.12. The molecule has 1 aliphatic carbocycles. The second-order valence-electron chi connectivity index (χ2n) is 5.99. The van der Waals surface area contributed by atoms with Crippen molar-refractivity contribution >= 4 is 12.4 Å². The molecule has 16 heavy (non-hydrogen) atoms. The third-order valence-electron chi connectivity index (χ3n) is 2.76. The molecule has 0 aromatic heterocycles. The summed E-state index contributed by atoms with van der Waals surface area (Å²) in [6.07, 6.45) is 1.39. The zero-order chi connectivity index (χ0) is 12.6. The SMILES string of the molecule is CC(C)(C)OC(=O)NC(C)(C)[C@H]1C[C@@H]1C=O. The predicted molar refractivity (Wildman–Crippen MR) is 61.1 cm³/mol. The molecule has 92 valence electrons. The second-order valence-corrected chi connectivity index (χ2v) is 5.99. The lowest BCUT2D eigenvalue weighted by Crippen LogP contribution is -2.47. The fourth-order valence-electron chi connectivity index (χ4n) is 1.85. The number of nitrogens with one attached hydrogen (secondary N) is 1. The van der Waals surface area contributed by atoms with Crippen molar-refractivity contribution in [3.05, 3.63) is 0 Å². The normalized spacial score (nSPS) is 24.8. The summed E-state index contributed by atoms with van der Waals surface area (Å²) in [4.78, 5) is 22.2. The quantitative estimate of drug-likeness (QED) is 0.751. The fraction of sp³-hybridized carbons (Fsp3) is 0.833. The molecule has 1 aliphatic rings. The van der Waals surface area contributed by atoms with Crippen molar-refractivity contribution in [2.45, 2.75) is 52.2 Å². The number of ether oxygens (including phenoxy) is 1. The van der Waals surface area contributed by atoms with Crippen LogP contribution in [0.3, 0.4) is 0 Å². The lowest BCUT2D eigenvalue weighted by molar-refractivity contribution is -0.109. The number of alkyl carbamates (subject to hydrolysis) is 1. The number of amides is 1. The van der Waals surface area contributed by atoms with Crippen molar-refractivity contribution < 1.29 is 14.3 Å². The van der Waals surface area contributed by atoms with Crippen molar-refractivity contribution in [1.82, 2.24) is 5.32 Å². The molecule has 1 N–H and O–H groups in total. The first kappa shape index (κ1) is 13.0. The van der Waals surface area contributed by atoms with Gasteiger partial charge in [-0.15, -0.1) is 0 Å². The first-order chi connectivity index (χ1) is 7.15. The van der Waals surface area contributed by atoms with Gasteiger partial charge in [0.2, 0.25) is 0 Å². The monoisotopic (exact) mass is 227 g/mol. The topological polar surface area (TPSA) is 55.4 Å². The Hall–Kier alpha value is -1.06. The van der Waals surface area contributed by atoms with Crippen molar-refractivity contribution in [2.24, 2.45) is 11.8 Å².